The van der Waals surface area contributed by atoms with Crippen LogP contribution in [0.5, 0.6) is 5.75 Å². The molecule has 2 aromatic rings. The van der Waals surface area contributed by atoms with Gasteiger partial charge in [0.25, 0.3) is 5.69 Å². The Hall–Kier alpha value is -2.40. The van der Waals surface area contributed by atoms with Crippen LogP contribution in [0.2, 0.25) is 5.02 Å². The molecule has 5 nitrogen and oxygen atoms in total. The number of nitro groups is 1. The summed E-state index contributed by atoms with van der Waals surface area (Å²) in [7, 11) is 0. The smallest absolute Gasteiger partial charge is 0.345 e. The maximum absolute atomic E-state index is 12.1. The normalized spacial score (nSPS) is 10.2. The number of nitrogens with zero attached hydrogens (tertiary/aromatic N) is 1. The molecule has 0 bridgehead atoms. The molecule has 0 aromatic heterocycles. The highest BCUT2D eigenvalue weighted by atomic mass is 35.5. The van der Waals surface area contributed by atoms with Gasteiger partial charge in [-0.3, -0.25) is 10.1 Å². The maximum atomic E-state index is 12.1. The molecule has 0 aliphatic carbocycles. The minimum absolute atomic E-state index is 0.0370. The number of non-ortho nitro benzene ring substituents is 1. The first-order valence-corrected chi connectivity index (χ1v) is 6.49. The van der Waals surface area contributed by atoms with Crippen molar-refractivity contribution < 1.29 is 14.5 Å². The molecule has 0 saturated heterocycles. The van der Waals surface area contributed by atoms with Crippen molar-refractivity contribution in [2.24, 2.45) is 0 Å². The van der Waals surface area contributed by atoms with Crippen LogP contribution in [-0.2, 0) is 0 Å². The molecule has 6 heteroatoms. The highest BCUT2D eigenvalue weighted by molar-refractivity contribution is 6.33. The third-order valence-electron chi connectivity index (χ3n) is 2.79. The lowest BCUT2D eigenvalue weighted by atomic mass is 10.1. The SMILES string of the molecule is Cc1cc(C)cc(OC(=O)c2cc([N+](=O)[O-])ccc2Cl)c1. The summed E-state index contributed by atoms with van der Waals surface area (Å²) in [6.45, 7) is 3.76. The lowest BCUT2D eigenvalue weighted by Gasteiger charge is -2.07. The zero-order chi connectivity index (χ0) is 15.6. The number of rotatable bonds is 3. The molecule has 0 fully saturated rings. The number of aryl methyl sites for hydroxylation is 2. The summed E-state index contributed by atoms with van der Waals surface area (Å²) >= 11 is 5.90. The van der Waals surface area contributed by atoms with Crippen molar-refractivity contribution in [3.8, 4) is 5.75 Å². The summed E-state index contributed by atoms with van der Waals surface area (Å²) in [5.74, 6) is -0.353. The van der Waals surface area contributed by atoms with E-state index in [9.17, 15) is 14.9 Å². The molecule has 0 aliphatic heterocycles. The highest BCUT2D eigenvalue weighted by Gasteiger charge is 2.17. The van der Waals surface area contributed by atoms with Gasteiger partial charge in [0, 0.05) is 12.1 Å². The van der Waals surface area contributed by atoms with Gasteiger partial charge in [0.2, 0.25) is 0 Å². The summed E-state index contributed by atoms with van der Waals surface area (Å²) in [6, 6.07) is 8.99. The second-order valence-corrected chi connectivity index (χ2v) is 5.04. The van der Waals surface area contributed by atoms with Gasteiger partial charge in [0.1, 0.15) is 5.75 Å². The van der Waals surface area contributed by atoms with Gasteiger partial charge < -0.3 is 4.74 Å². The van der Waals surface area contributed by atoms with E-state index in [2.05, 4.69) is 0 Å². The number of nitro benzene ring substituents is 1. The molecule has 0 N–H and O–H groups in total. The molecule has 0 radical (unpaired) electrons. The molecule has 2 rings (SSSR count). The molecule has 0 heterocycles. The van der Waals surface area contributed by atoms with Gasteiger partial charge in [0.05, 0.1) is 15.5 Å². The number of benzene rings is 2. The summed E-state index contributed by atoms with van der Waals surface area (Å²) in [5, 5.41) is 10.9. The van der Waals surface area contributed by atoms with Gasteiger partial charge in [-0.05, 0) is 43.2 Å². The first-order chi connectivity index (χ1) is 9.86. The minimum Gasteiger partial charge on any atom is -0.423 e. The maximum Gasteiger partial charge on any atom is 0.345 e. The van der Waals surface area contributed by atoms with E-state index in [1.807, 2.05) is 19.9 Å². The molecule has 0 saturated carbocycles. The predicted octanol–water partition coefficient (Wildman–Crippen LogP) is 4.08. The number of carbonyl (C=O) groups excluding carboxylic acids is 1. The van der Waals surface area contributed by atoms with Crippen molar-refractivity contribution in [1.29, 1.82) is 0 Å². The highest BCUT2D eigenvalue weighted by Crippen LogP contribution is 2.24. The quantitative estimate of drug-likeness (QED) is 0.371. The van der Waals surface area contributed by atoms with Crippen LogP contribution in [0.3, 0.4) is 0 Å². The van der Waals surface area contributed by atoms with Crippen molar-refractivity contribution in [2.45, 2.75) is 13.8 Å². The van der Waals surface area contributed by atoms with E-state index in [1.165, 1.54) is 12.1 Å². The van der Waals surface area contributed by atoms with Crippen molar-refractivity contribution >= 4 is 23.3 Å². The number of hydrogen-bond acceptors (Lipinski definition) is 4. The lowest BCUT2D eigenvalue weighted by Crippen LogP contribution is -2.10. The fourth-order valence-corrected chi connectivity index (χ4v) is 2.13. The van der Waals surface area contributed by atoms with Crippen molar-refractivity contribution in [3.63, 3.8) is 0 Å². The van der Waals surface area contributed by atoms with Crippen LogP contribution in [0.4, 0.5) is 5.69 Å². The second-order valence-electron chi connectivity index (χ2n) is 4.63. The third kappa shape index (κ3) is 3.58. The summed E-state index contributed by atoms with van der Waals surface area (Å²) in [6.07, 6.45) is 0. The fraction of sp³-hybridized carbons (Fsp3) is 0.133. The van der Waals surface area contributed by atoms with Gasteiger partial charge in [-0.2, -0.15) is 0 Å². The molecule has 0 atom stereocenters. The standard InChI is InChI=1S/C15H12ClNO4/c1-9-5-10(2)7-12(6-9)21-15(18)13-8-11(17(19)20)3-4-14(13)16/h3-8H,1-2H3. The zero-order valence-electron chi connectivity index (χ0n) is 11.4. The van der Waals surface area contributed by atoms with Gasteiger partial charge in [0.15, 0.2) is 0 Å². The second kappa shape index (κ2) is 5.93. The lowest BCUT2D eigenvalue weighted by molar-refractivity contribution is -0.384. The molecule has 0 spiro atoms. The monoisotopic (exact) mass is 305 g/mol. The Bertz CT molecular complexity index is 707. The van der Waals surface area contributed by atoms with E-state index in [4.69, 9.17) is 16.3 Å². The number of ether oxygens (including phenoxy) is 1. The molecule has 108 valence electrons. The van der Waals surface area contributed by atoms with Gasteiger partial charge in [-0.15, -0.1) is 0 Å². The van der Waals surface area contributed by atoms with E-state index < -0.39 is 10.9 Å². The largest absolute Gasteiger partial charge is 0.423 e. The summed E-state index contributed by atoms with van der Waals surface area (Å²) in [5.41, 5.74) is 1.64. The van der Waals surface area contributed by atoms with E-state index >= 15 is 0 Å². The number of carbonyl (C=O) groups is 1. The zero-order valence-corrected chi connectivity index (χ0v) is 12.2. The van der Waals surface area contributed by atoms with Crippen LogP contribution in [-0.4, -0.2) is 10.9 Å². The molecule has 0 aliphatic rings. The summed E-state index contributed by atoms with van der Waals surface area (Å²) in [4.78, 5) is 22.3. The topological polar surface area (TPSA) is 69.4 Å². The van der Waals surface area contributed by atoms with E-state index in [1.54, 1.807) is 12.1 Å². The van der Waals surface area contributed by atoms with Crippen LogP contribution >= 0.6 is 11.6 Å². The summed E-state index contributed by atoms with van der Waals surface area (Å²) < 4.78 is 5.23. The van der Waals surface area contributed by atoms with Crippen LogP contribution in [0.15, 0.2) is 36.4 Å². The van der Waals surface area contributed by atoms with Crippen LogP contribution < -0.4 is 4.74 Å². The molecular weight excluding hydrogens is 294 g/mol. The number of esters is 1. The van der Waals surface area contributed by atoms with Crippen molar-refractivity contribution in [3.05, 3.63) is 68.2 Å². The fourth-order valence-electron chi connectivity index (χ4n) is 1.94. The Kier molecular flexibility index (Phi) is 4.23. The van der Waals surface area contributed by atoms with Crippen LogP contribution in [0.25, 0.3) is 0 Å². The average molecular weight is 306 g/mol. The predicted molar refractivity (Wildman–Crippen MR) is 79.0 cm³/mol. The average Bonchev–Trinajstić information content (AvgIpc) is 2.37. The Morgan fingerprint density at radius 2 is 1.76 bits per heavy atom. The first-order valence-electron chi connectivity index (χ1n) is 6.11. The molecule has 0 unspecified atom stereocenters. The van der Waals surface area contributed by atoms with E-state index in [0.29, 0.717) is 5.75 Å². The Morgan fingerprint density at radius 3 is 2.33 bits per heavy atom. The van der Waals surface area contributed by atoms with E-state index in [-0.39, 0.29) is 16.3 Å². The third-order valence-corrected chi connectivity index (χ3v) is 3.12. The van der Waals surface area contributed by atoms with Crippen LogP contribution in [0.1, 0.15) is 21.5 Å². The molecule has 21 heavy (non-hydrogen) atoms. The van der Waals surface area contributed by atoms with Gasteiger partial charge >= 0.3 is 5.97 Å². The van der Waals surface area contributed by atoms with Gasteiger partial charge in [-0.1, -0.05) is 17.7 Å². The van der Waals surface area contributed by atoms with Crippen molar-refractivity contribution in [2.75, 3.05) is 0 Å². The molecular formula is C15H12ClNO4. The minimum atomic E-state index is -0.728. The molecule has 0 amide bonds. The Labute approximate surface area is 126 Å². The van der Waals surface area contributed by atoms with Crippen molar-refractivity contribution in [1.82, 2.24) is 0 Å². The molecule has 2 aromatic carbocycles. The number of hydrogen-bond donors (Lipinski definition) is 0. The van der Waals surface area contributed by atoms with Crippen LogP contribution in [0, 0.1) is 24.0 Å². The Balaban J connectivity index is 2.31. The first kappa shape index (κ1) is 15.0. The van der Waals surface area contributed by atoms with E-state index in [0.717, 1.165) is 17.2 Å². The number of halogens is 1. The Morgan fingerprint density at radius 1 is 1.14 bits per heavy atom. The van der Waals surface area contributed by atoms with Gasteiger partial charge in [-0.25, -0.2) is 4.79 Å².